The Bertz CT molecular complexity index is 818. The summed E-state index contributed by atoms with van der Waals surface area (Å²) < 4.78 is 11.1. The number of nitrogens with one attached hydrogen (secondary N) is 1. The van der Waals surface area contributed by atoms with Gasteiger partial charge in [0.2, 0.25) is 0 Å². The quantitative estimate of drug-likeness (QED) is 0.742. The Balaban J connectivity index is 1.61. The molecule has 5 nitrogen and oxygen atoms in total. The van der Waals surface area contributed by atoms with Gasteiger partial charge in [-0.15, -0.1) is 0 Å². The highest BCUT2D eigenvalue weighted by molar-refractivity contribution is 7.80. The van der Waals surface area contributed by atoms with E-state index in [0.29, 0.717) is 11.5 Å². The zero-order chi connectivity index (χ0) is 19.9. The Morgan fingerprint density at radius 2 is 1.86 bits per heavy atom. The van der Waals surface area contributed by atoms with Gasteiger partial charge in [-0.05, 0) is 49.1 Å². The summed E-state index contributed by atoms with van der Waals surface area (Å²) in [5.41, 5.74) is 1.67. The van der Waals surface area contributed by atoms with Crippen LogP contribution in [0.4, 0.5) is 5.69 Å². The number of amides is 1. The van der Waals surface area contributed by atoms with Crippen molar-refractivity contribution >= 4 is 28.8 Å². The number of hydrogen-bond acceptors (Lipinski definition) is 4. The smallest absolute Gasteiger partial charge is 0.262 e. The van der Waals surface area contributed by atoms with Crippen LogP contribution in [0.2, 0.25) is 0 Å². The SMILES string of the molecule is COc1cc(C(=S)N2CCC(C)CC2)ccc1OCC(=O)Nc1ccccc1. The van der Waals surface area contributed by atoms with Crippen molar-refractivity contribution in [2.24, 2.45) is 5.92 Å². The highest BCUT2D eigenvalue weighted by Crippen LogP contribution is 2.29. The fraction of sp³-hybridized carbons (Fsp3) is 0.364. The van der Waals surface area contributed by atoms with Crippen LogP contribution in [0.15, 0.2) is 48.5 Å². The summed E-state index contributed by atoms with van der Waals surface area (Å²) in [6.45, 7) is 4.16. The molecule has 148 valence electrons. The number of thiocarbonyl (C=S) groups is 1. The van der Waals surface area contributed by atoms with Crippen LogP contribution < -0.4 is 14.8 Å². The molecule has 1 heterocycles. The molecule has 6 heteroatoms. The van der Waals surface area contributed by atoms with Crippen LogP contribution in [-0.4, -0.2) is 42.6 Å². The first kappa shape index (κ1) is 20.1. The number of nitrogens with zero attached hydrogens (tertiary/aromatic N) is 1. The third kappa shape index (κ3) is 5.23. The average molecular weight is 399 g/mol. The summed E-state index contributed by atoms with van der Waals surface area (Å²) in [5, 5.41) is 2.79. The van der Waals surface area contributed by atoms with E-state index in [1.54, 1.807) is 7.11 Å². The van der Waals surface area contributed by atoms with Gasteiger partial charge in [0, 0.05) is 24.3 Å². The topological polar surface area (TPSA) is 50.8 Å². The number of benzene rings is 2. The summed E-state index contributed by atoms with van der Waals surface area (Å²) in [4.78, 5) is 15.2. The number of hydrogen-bond donors (Lipinski definition) is 1. The number of piperidine rings is 1. The molecule has 1 aliphatic heterocycles. The fourth-order valence-electron chi connectivity index (χ4n) is 3.18. The van der Waals surface area contributed by atoms with Crippen LogP contribution in [0.25, 0.3) is 0 Å². The molecule has 0 atom stereocenters. The van der Waals surface area contributed by atoms with E-state index in [1.807, 2.05) is 48.5 Å². The zero-order valence-corrected chi connectivity index (χ0v) is 17.1. The molecule has 0 bridgehead atoms. The van der Waals surface area contributed by atoms with Crippen LogP contribution in [0.1, 0.15) is 25.3 Å². The van der Waals surface area contributed by atoms with E-state index in [1.165, 1.54) is 0 Å². The lowest BCUT2D eigenvalue weighted by Gasteiger charge is -2.32. The largest absolute Gasteiger partial charge is 0.493 e. The molecule has 2 aromatic rings. The fourth-order valence-corrected chi connectivity index (χ4v) is 3.49. The van der Waals surface area contributed by atoms with Crippen molar-refractivity contribution in [3.05, 3.63) is 54.1 Å². The van der Waals surface area contributed by atoms with Crippen molar-refractivity contribution < 1.29 is 14.3 Å². The number of carbonyl (C=O) groups excluding carboxylic acids is 1. The molecule has 2 aromatic carbocycles. The molecule has 1 N–H and O–H groups in total. The number of carbonyl (C=O) groups is 1. The van der Waals surface area contributed by atoms with E-state index in [4.69, 9.17) is 21.7 Å². The van der Waals surface area contributed by atoms with E-state index in [0.717, 1.165) is 48.1 Å². The standard InChI is InChI=1S/C22H26N2O3S/c1-16-10-12-24(13-11-16)22(28)17-8-9-19(20(14-17)26-2)27-15-21(25)23-18-6-4-3-5-7-18/h3-9,14,16H,10-13,15H2,1-2H3,(H,23,25). The molecule has 3 rings (SSSR count). The number of anilines is 1. The first-order chi connectivity index (χ1) is 13.6. The highest BCUT2D eigenvalue weighted by atomic mass is 32.1. The van der Waals surface area contributed by atoms with Gasteiger partial charge in [-0.2, -0.15) is 0 Å². The Kier molecular flexibility index (Phi) is 6.87. The van der Waals surface area contributed by atoms with E-state index >= 15 is 0 Å². The summed E-state index contributed by atoms with van der Waals surface area (Å²) >= 11 is 5.67. The average Bonchev–Trinajstić information content (AvgIpc) is 2.73. The third-order valence-electron chi connectivity index (χ3n) is 4.90. The molecule has 1 aliphatic rings. The van der Waals surface area contributed by atoms with Crippen molar-refractivity contribution in [2.75, 3.05) is 32.1 Å². The minimum absolute atomic E-state index is 0.0982. The Hall–Kier alpha value is -2.60. The van der Waals surface area contributed by atoms with Gasteiger partial charge >= 0.3 is 0 Å². The maximum atomic E-state index is 12.1. The number of para-hydroxylation sites is 1. The van der Waals surface area contributed by atoms with Gasteiger partial charge in [0.05, 0.1) is 7.11 Å². The van der Waals surface area contributed by atoms with Crippen molar-refractivity contribution in [3.63, 3.8) is 0 Å². The van der Waals surface area contributed by atoms with Gasteiger partial charge in [-0.25, -0.2) is 0 Å². The zero-order valence-electron chi connectivity index (χ0n) is 16.3. The van der Waals surface area contributed by atoms with Gasteiger partial charge in [0.25, 0.3) is 5.91 Å². The van der Waals surface area contributed by atoms with Gasteiger partial charge in [0.15, 0.2) is 18.1 Å². The molecule has 0 spiro atoms. The summed E-state index contributed by atoms with van der Waals surface area (Å²) in [6.07, 6.45) is 2.32. The number of methoxy groups -OCH3 is 1. The summed E-state index contributed by atoms with van der Waals surface area (Å²) in [7, 11) is 1.58. The van der Waals surface area contributed by atoms with Crippen LogP contribution >= 0.6 is 12.2 Å². The van der Waals surface area contributed by atoms with Crippen molar-refractivity contribution in [2.45, 2.75) is 19.8 Å². The van der Waals surface area contributed by atoms with Crippen LogP contribution in [0.3, 0.4) is 0 Å². The third-order valence-corrected chi connectivity index (χ3v) is 5.39. The molecule has 1 saturated heterocycles. The van der Waals surface area contributed by atoms with Gasteiger partial charge < -0.3 is 19.7 Å². The number of likely N-dealkylation sites (tertiary alicyclic amines) is 1. The maximum Gasteiger partial charge on any atom is 0.262 e. The minimum Gasteiger partial charge on any atom is -0.493 e. The van der Waals surface area contributed by atoms with Crippen molar-refractivity contribution in [1.82, 2.24) is 4.90 Å². The van der Waals surface area contributed by atoms with Crippen LogP contribution in [0, 0.1) is 5.92 Å². The predicted octanol–water partition coefficient (Wildman–Crippen LogP) is 4.12. The van der Waals surface area contributed by atoms with Gasteiger partial charge in [-0.1, -0.05) is 37.3 Å². The predicted molar refractivity (Wildman–Crippen MR) is 115 cm³/mol. The monoisotopic (exact) mass is 398 g/mol. The normalized spacial score (nSPS) is 14.4. The molecule has 1 amide bonds. The van der Waals surface area contributed by atoms with Crippen molar-refractivity contribution in [3.8, 4) is 11.5 Å². The molecule has 0 aliphatic carbocycles. The molecular formula is C22H26N2O3S. The van der Waals surface area contributed by atoms with Crippen LogP contribution in [-0.2, 0) is 4.79 Å². The van der Waals surface area contributed by atoms with E-state index in [-0.39, 0.29) is 12.5 Å². The first-order valence-corrected chi connectivity index (χ1v) is 9.92. The lowest BCUT2D eigenvalue weighted by molar-refractivity contribution is -0.118. The Labute approximate surface area is 171 Å². The lowest BCUT2D eigenvalue weighted by Crippen LogP contribution is -2.37. The Morgan fingerprint density at radius 1 is 1.14 bits per heavy atom. The lowest BCUT2D eigenvalue weighted by atomic mass is 9.99. The van der Waals surface area contributed by atoms with E-state index < -0.39 is 0 Å². The van der Waals surface area contributed by atoms with E-state index in [9.17, 15) is 4.79 Å². The van der Waals surface area contributed by atoms with E-state index in [2.05, 4.69) is 17.1 Å². The first-order valence-electron chi connectivity index (χ1n) is 9.52. The molecule has 0 unspecified atom stereocenters. The highest BCUT2D eigenvalue weighted by Gasteiger charge is 2.20. The number of ether oxygens (including phenoxy) is 2. The summed E-state index contributed by atoms with van der Waals surface area (Å²) in [6, 6.07) is 14.9. The number of rotatable bonds is 6. The summed E-state index contributed by atoms with van der Waals surface area (Å²) in [5.74, 6) is 1.61. The molecule has 28 heavy (non-hydrogen) atoms. The maximum absolute atomic E-state index is 12.1. The second-order valence-electron chi connectivity index (χ2n) is 7.04. The minimum atomic E-state index is -0.227. The van der Waals surface area contributed by atoms with Crippen molar-refractivity contribution in [1.29, 1.82) is 0 Å². The molecule has 0 saturated carbocycles. The van der Waals surface area contributed by atoms with Gasteiger partial charge in [-0.3, -0.25) is 4.79 Å². The molecule has 1 fully saturated rings. The molecular weight excluding hydrogens is 372 g/mol. The second-order valence-corrected chi connectivity index (χ2v) is 7.43. The second kappa shape index (κ2) is 9.55. The molecule has 0 aromatic heterocycles. The Morgan fingerprint density at radius 3 is 2.54 bits per heavy atom. The molecule has 0 radical (unpaired) electrons. The van der Waals surface area contributed by atoms with Crippen LogP contribution in [0.5, 0.6) is 11.5 Å². The van der Waals surface area contributed by atoms with Gasteiger partial charge in [0.1, 0.15) is 4.99 Å².